The van der Waals surface area contributed by atoms with Gasteiger partial charge in [0.25, 0.3) is 0 Å². The van der Waals surface area contributed by atoms with Crippen LogP contribution >= 0.6 is 0 Å². The molecule has 24 valence electrons. The summed E-state index contributed by atoms with van der Waals surface area (Å²) in [5, 5.41) is 0. The Morgan fingerprint density at radius 1 is 1.75 bits per heavy atom. The summed E-state index contributed by atoms with van der Waals surface area (Å²) in [6.07, 6.45) is 0. The van der Waals surface area contributed by atoms with Crippen LogP contribution in [0.15, 0.2) is 0 Å². The molecule has 4 heteroatoms. The maximum Gasteiger partial charge on any atom is 0.327 e. The molecule has 0 aliphatic rings. The van der Waals surface area contributed by atoms with Crippen molar-refractivity contribution in [3.05, 3.63) is 0 Å². The van der Waals surface area contributed by atoms with Gasteiger partial charge in [0.2, 0.25) is 0 Å². The molecule has 0 spiro atoms. The van der Waals surface area contributed by atoms with Gasteiger partial charge in [-0.2, -0.15) is 0 Å². The van der Waals surface area contributed by atoms with Crippen LogP contribution in [0.1, 0.15) is 0 Å². The summed E-state index contributed by atoms with van der Waals surface area (Å²) in [5.41, 5.74) is 0. The van der Waals surface area contributed by atoms with Crippen LogP contribution in [0.3, 0.4) is 0 Å². The van der Waals surface area contributed by atoms with Crippen LogP contribution < -0.4 is 4.66 Å². The van der Waals surface area contributed by atoms with Gasteiger partial charge in [-0.1, -0.05) is 0 Å². The van der Waals surface area contributed by atoms with E-state index >= 15 is 0 Å². The predicted molar refractivity (Wildman–Crippen MR) is 7.97 cm³/mol. The fourth-order valence-electron chi connectivity index (χ4n) is 0. The zero-order valence-electron chi connectivity index (χ0n) is 1.73. The first-order valence-electron chi connectivity index (χ1n) is 0.323. The summed E-state index contributed by atoms with van der Waals surface area (Å²) in [5.74, 6) is 0. The van der Waals surface area contributed by atoms with Gasteiger partial charge < -0.3 is 4.66 Å². The molecule has 0 rings (SSSR count). The Morgan fingerprint density at radius 2 is 1.75 bits per heavy atom. The molecule has 0 unspecified atom stereocenters. The third-order valence-corrected chi connectivity index (χ3v) is 0. The average molecular weight is 276 g/mol. The van der Waals surface area contributed by atoms with Crippen molar-refractivity contribution in [2.24, 2.45) is 0 Å². The van der Waals surface area contributed by atoms with Crippen molar-refractivity contribution in [3.63, 3.8) is 0 Å². The average Bonchev–Trinajstić information content (AvgIpc) is 0.918. The van der Waals surface area contributed by atoms with Crippen LogP contribution in [0.25, 0.3) is 0 Å². The Morgan fingerprint density at radius 3 is 1.75 bits per heavy atom. The van der Waals surface area contributed by atoms with Gasteiger partial charge in [-0.15, -0.1) is 4.66 Å². The van der Waals surface area contributed by atoms with Crippen LogP contribution in [0.4, 0.5) is 0 Å². The minimum atomic E-state index is -0.167. The van der Waals surface area contributed by atoms with Crippen molar-refractivity contribution >= 4 is 27.3 Å². The topological polar surface area (TPSA) is 43.3 Å². The maximum absolute atomic E-state index is 8.35. The second-order valence-electron chi connectivity index (χ2n) is 0.0690. The van der Waals surface area contributed by atoms with E-state index in [1.807, 2.05) is 0 Å². The van der Waals surface area contributed by atoms with Crippen molar-refractivity contribution < 1.29 is 20.6 Å². The first-order valence-corrected chi connectivity index (χ1v) is 0.970. The Kier molecular flexibility index (Phi) is 19.9. The fraction of sp³-hybridized carbons (Fsp3) is 0. The Bertz CT molecular complexity index is 6.00. The molecule has 0 heterocycles. The van der Waals surface area contributed by atoms with E-state index in [1.165, 1.54) is 0 Å². The molecule has 0 aromatic rings. The summed E-state index contributed by atoms with van der Waals surface area (Å²) in [6, 6.07) is 0. The van der Waals surface area contributed by atoms with Gasteiger partial charge in [0.1, 0.15) is 0 Å². The molecule has 0 aliphatic carbocycles. The second kappa shape index (κ2) is 8.92. The Labute approximate surface area is 48.0 Å². The van der Waals surface area contributed by atoms with E-state index in [-0.39, 0.29) is 38.6 Å². The molecule has 2 nitrogen and oxygen atoms in total. The Hall–Kier alpha value is 1.13. The standard InChI is InChI=1S/ClHO2.Pb/c2-1-3;/h2H;. The van der Waals surface area contributed by atoms with E-state index in [0.717, 1.165) is 0 Å². The smallest absolute Gasteiger partial charge is 0.327 e. The fourth-order valence-corrected chi connectivity index (χ4v) is 0. The molecule has 1 N–H and O–H groups in total. The van der Waals surface area contributed by atoms with Crippen molar-refractivity contribution in [2.45, 2.75) is 0 Å². The van der Waals surface area contributed by atoms with E-state index in [1.54, 1.807) is 0 Å². The molecule has 0 aromatic carbocycles. The van der Waals surface area contributed by atoms with Gasteiger partial charge >= 0.3 is 11.3 Å². The van der Waals surface area contributed by atoms with Crippen molar-refractivity contribution in [1.29, 1.82) is 0 Å². The molecular weight excluding hydrogens is 275 g/mol. The quantitative estimate of drug-likeness (QED) is 0.514. The molecule has 0 aliphatic heterocycles. The normalized spacial score (nSPS) is 4.50. The first kappa shape index (κ1) is 8.93. The van der Waals surface area contributed by atoms with Crippen LogP contribution in [0, 0.1) is 11.3 Å². The summed E-state index contributed by atoms with van der Waals surface area (Å²) >= 11 is -0.167. The van der Waals surface area contributed by atoms with Crippen molar-refractivity contribution in [2.75, 3.05) is 0 Å². The van der Waals surface area contributed by atoms with Gasteiger partial charge in [0, 0.05) is 27.3 Å². The van der Waals surface area contributed by atoms with Gasteiger partial charge in [-0.3, -0.25) is 0 Å². The zero-order chi connectivity index (χ0) is 2.71. The van der Waals surface area contributed by atoms with Crippen LogP contribution in [-0.4, -0.2) is 32.0 Å². The van der Waals surface area contributed by atoms with E-state index < -0.39 is 0 Å². The summed E-state index contributed by atoms with van der Waals surface area (Å²) in [4.78, 5) is 0. The number of hydrogen-bond acceptors (Lipinski definition) is 2. The summed E-state index contributed by atoms with van der Waals surface area (Å²) < 4.78 is 15.2. The predicted octanol–water partition coefficient (Wildman–Crippen LogP) is -2.13. The van der Waals surface area contributed by atoms with Crippen LogP contribution in [0.5, 0.6) is 0 Å². The largest absolute Gasteiger partial charge is 0.506 e. The van der Waals surface area contributed by atoms with Gasteiger partial charge in [-0.05, 0) is 0 Å². The van der Waals surface area contributed by atoms with E-state index in [9.17, 15) is 0 Å². The Balaban J connectivity index is 0. The molecule has 0 saturated heterocycles. The minimum Gasteiger partial charge on any atom is -0.506 e. The van der Waals surface area contributed by atoms with E-state index in [0.29, 0.717) is 0 Å². The van der Waals surface area contributed by atoms with Gasteiger partial charge in [0.15, 0.2) is 0 Å². The first-order chi connectivity index (χ1) is 1.41. The van der Waals surface area contributed by atoms with Crippen molar-refractivity contribution in [1.82, 2.24) is 0 Å². The number of hydrogen-bond donors (Lipinski definition) is 1. The van der Waals surface area contributed by atoms with Crippen LogP contribution in [0.2, 0.25) is 0 Å². The minimum absolute atomic E-state index is 0. The molecule has 0 aromatic heterocycles. The molecule has 0 amide bonds. The summed E-state index contributed by atoms with van der Waals surface area (Å²) in [7, 11) is 0. The molecule has 4 radical (unpaired) electrons. The third-order valence-electron chi connectivity index (χ3n) is 0. The molecular formula is HClO2Pb. The third kappa shape index (κ3) is 11.1. The molecule has 0 saturated carbocycles. The molecule has 0 fully saturated rings. The zero-order valence-corrected chi connectivity index (χ0v) is 6.38. The maximum atomic E-state index is 8.35. The van der Waals surface area contributed by atoms with Crippen LogP contribution in [-0.2, 0) is 0 Å². The molecule has 0 bridgehead atoms. The van der Waals surface area contributed by atoms with E-state index in [2.05, 4.69) is 0 Å². The monoisotopic (exact) mass is 276 g/mol. The second-order valence-corrected chi connectivity index (χ2v) is 0.207. The molecule has 0 atom stereocenters. The SMILES string of the molecule is [O-][Cl+]O.[Pb]. The van der Waals surface area contributed by atoms with E-state index in [4.69, 9.17) is 9.32 Å². The number of halogens is 1. The number of rotatable bonds is 0. The molecule has 4 heavy (non-hydrogen) atoms. The van der Waals surface area contributed by atoms with Gasteiger partial charge in [-0.25, -0.2) is 0 Å². The summed E-state index contributed by atoms with van der Waals surface area (Å²) in [6.45, 7) is 0. The van der Waals surface area contributed by atoms with Crippen molar-refractivity contribution in [3.8, 4) is 0 Å². The van der Waals surface area contributed by atoms with Gasteiger partial charge in [0.05, 0.1) is 0 Å².